The molecule has 1 aromatic carbocycles. The highest BCUT2D eigenvalue weighted by Gasteiger charge is 2.10. The number of hydrogen-bond acceptors (Lipinski definition) is 5. The van der Waals surface area contributed by atoms with Crippen LogP contribution in [0, 0.1) is 0 Å². The molecule has 6 nitrogen and oxygen atoms in total. The minimum atomic E-state index is 0.214. The number of rotatable bonds is 2. The maximum atomic E-state index is 5.60. The van der Waals surface area contributed by atoms with E-state index in [4.69, 9.17) is 10.5 Å². The highest BCUT2D eigenvalue weighted by molar-refractivity contribution is 9.10. The predicted octanol–water partition coefficient (Wildman–Crippen LogP) is 1.02. The Morgan fingerprint density at radius 1 is 1.47 bits per heavy atom. The van der Waals surface area contributed by atoms with Gasteiger partial charge < -0.3 is 10.5 Å². The van der Waals surface area contributed by atoms with Gasteiger partial charge in [-0.25, -0.2) is 0 Å². The summed E-state index contributed by atoms with van der Waals surface area (Å²) in [7, 11) is 1.58. The van der Waals surface area contributed by atoms with Gasteiger partial charge in [0.1, 0.15) is 11.4 Å². The molecule has 1 aromatic heterocycles. The molecule has 78 valence electrons. The zero-order valence-corrected chi connectivity index (χ0v) is 9.47. The van der Waals surface area contributed by atoms with Crippen LogP contribution in [-0.4, -0.2) is 27.3 Å². The summed E-state index contributed by atoms with van der Waals surface area (Å²) in [6.07, 6.45) is 0. The summed E-state index contributed by atoms with van der Waals surface area (Å²) in [6, 6.07) is 5.50. The number of methoxy groups -OCH3 is 1. The molecule has 2 aromatic rings. The van der Waals surface area contributed by atoms with Crippen molar-refractivity contribution in [2.45, 2.75) is 0 Å². The predicted molar refractivity (Wildman–Crippen MR) is 57.8 cm³/mol. The fraction of sp³-hybridized carbons (Fsp3) is 0.125. The molecule has 0 aliphatic carbocycles. The van der Waals surface area contributed by atoms with Gasteiger partial charge in [-0.15, -0.1) is 0 Å². The molecular formula is C8H8BrN5O. The molecule has 1 heterocycles. The van der Waals surface area contributed by atoms with E-state index >= 15 is 0 Å². The molecule has 0 bridgehead atoms. The van der Waals surface area contributed by atoms with Gasteiger partial charge in [-0.05, 0) is 28.6 Å². The lowest BCUT2D eigenvalue weighted by Gasteiger charge is -2.08. The molecular weight excluding hydrogens is 262 g/mol. The molecule has 0 saturated heterocycles. The lowest BCUT2D eigenvalue weighted by atomic mass is 10.3. The smallest absolute Gasteiger partial charge is 0.245 e. The Labute approximate surface area is 94.2 Å². The van der Waals surface area contributed by atoms with Crippen LogP contribution < -0.4 is 10.5 Å². The van der Waals surface area contributed by atoms with E-state index in [1.165, 1.54) is 4.68 Å². The topological polar surface area (TPSA) is 78.8 Å². The molecule has 2 N–H and O–H groups in total. The average Bonchev–Trinajstić information content (AvgIpc) is 2.64. The molecule has 15 heavy (non-hydrogen) atoms. The van der Waals surface area contributed by atoms with E-state index in [9.17, 15) is 0 Å². The first kappa shape index (κ1) is 9.91. The van der Waals surface area contributed by atoms with Gasteiger partial charge in [0.25, 0.3) is 0 Å². The van der Waals surface area contributed by atoms with E-state index in [1.807, 2.05) is 12.1 Å². The van der Waals surface area contributed by atoms with Gasteiger partial charge in [0.15, 0.2) is 0 Å². The van der Waals surface area contributed by atoms with Crippen molar-refractivity contribution in [1.29, 1.82) is 0 Å². The number of anilines is 1. The summed E-state index contributed by atoms with van der Waals surface area (Å²) < 4.78 is 7.49. The molecule has 7 heteroatoms. The van der Waals surface area contributed by atoms with Crippen molar-refractivity contribution in [3.8, 4) is 11.4 Å². The van der Waals surface area contributed by atoms with E-state index in [1.54, 1.807) is 13.2 Å². The Kier molecular flexibility index (Phi) is 2.55. The zero-order chi connectivity index (χ0) is 10.8. The molecule has 0 aliphatic rings. The van der Waals surface area contributed by atoms with E-state index in [0.717, 1.165) is 4.47 Å². The second-order valence-electron chi connectivity index (χ2n) is 2.77. The first-order valence-corrected chi connectivity index (χ1v) is 4.89. The van der Waals surface area contributed by atoms with Crippen LogP contribution in [0.1, 0.15) is 0 Å². The number of nitrogen functional groups attached to an aromatic ring is 1. The van der Waals surface area contributed by atoms with Crippen molar-refractivity contribution in [1.82, 2.24) is 20.2 Å². The number of nitrogens with two attached hydrogens (primary N) is 1. The van der Waals surface area contributed by atoms with Gasteiger partial charge in [0.2, 0.25) is 5.95 Å². The fourth-order valence-corrected chi connectivity index (χ4v) is 1.54. The van der Waals surface area contributed by atoms with Crippen LogP contribution in [0.5, 0.6) is 5.75 Å². The number of tetrazole rings is 1. The summed E-state index contributed by atoms with van der Waals surface area (Å²) in [5, 5.41) is 10.8. The molecule has 0 aliphatic heterocycles. The lowest BCUT2D eigenvalue weighted by Crippen LogP contribution is -2.04. The molecule has 0 atom stereocenters. The molecule has 0 radical (unpaired) electrons. The van der Waals surface area contributed by atoms with Crippen LogP contribution in [0.4, 0.5) is 5.95 Å². The third-order valence-corrected chi connectivity index (χ3v) is 2.36. The second kappa shape index (κ2) is 3.85. The first-order chi connectivity index (χ1) is 7.22. The van der Waals surface area contributed by atoms with Gasteiger partial charge in [-0.2, -0.15) is 4.68 Å². The first-order valence-electron chi connectivity index (χ1n) is 4.10. The molecule has 0 saturated carbocycles. The van der Waals surface area contributed by atoms with E-state index < -0.39 is 0 Å². The minimum absolute atomic E-state index is 0.214. The van der Waals surface area contributed by atoms with Gasteiger partial charge in [0.05, 0.1) is 7.11 Å². The summed E-state index contributed by atoms with van der Waals surface area (Å²) in [4.78, 5) is 0. The normalized spacial score (nSPS) is 10.3. The van der Waals surface area contributed by atoms with Crippen LogP contribution in [-0.2, 0) is 0 Å². The standard InChI is InChI=1S/C8H8BrN5O/c1-15-7-3-2-5(9)4-6(7)14-8(10)11-12-13-14/h2-4H,1H3,(H2,10,11,13). The van der Waals surface area contributed by atoms with Crippen molar-refractivity contribution < 1.29 is 4.74 Å². The van der Waals surface area contributed by atoms with Crippen molar-refractivity contribution >= 4 is 21.9 Å². The number of nitrogens with zero attached hydrogens (tertiary/aromatic N) is 4. The van der Waals surface area contributed by atoms with Crippen LogP contribution in [0.3, 0.4) is 0 Å². The van der Waals surface area contributed by atoms with Crippen molar-refractivity contribution in [2.24, 2.45) is 0 Å². The number of hydrogen-bond donors (Lipinski definition) is 1. The van der Waals surface area contributed by atoms with Crippen molar-refractivity contribution in [3.05, 3.63) is 22.7 Å². The number of benzene rings is 1. The minimum Gasteiger partial charge on any atom is -0.494 e. The van der Waals surface area contributed by atoms with Crippen molar-refractivity contribution in [3.63, 3.8) is 0 Å². The Hall–Kier alpha value is -1.63. The Bertz CT molecular complexity index is 484. The zero-order valence-electron chi connectivity index (χ0n) is 7.88. The number of aromatic nitrogens is 4. The summed E-state index contributed by atoms with van der Waals surface area (Å²) in [5.41, 5.74) is 6.29. The molecule has 0 unspecified atom stereocenters. The van der Waals surface area contributed by atoms with E-state index in [0.29, 0.717) is 11.4 Å². The van der Waals surface area contributed by atoms with E-state index in [-0.39, 0.29) is 5.95 Å². The summed E-state index contributed by atoms with van der Waals surface area (Å²) in [5.74, 6) is 0.864. The van der Waals surface area contributed by atoms with Gasteiger partial charge in [-0.3, -0.25) is 0 Å². The monoisotopic (exact) mass is 269 g/mol. The van der Waals surface area contributed by atoms with Crippen LogP contribution in [0.25, 0.3) is 5.69 Å². The SMILES string of the molecule is COc1ccc(Br)cc1-n1nnnc1N. The molecule has 0 amide bonds. The Balaban J connectivity index is 2.60. The number of ether oxygens (including phenoxy) is 1. The van der Waals surface area contributed by atoms with Gasteiger partial charge in [-0.1, -0.05) is 21.0 Å². The number of halogens is 1. The largest absolute Gasteiger partial charge is 0.494 e. The maximum absolute atomic E-state index is 5.60. The third kappa shape index (κ3) is 1.78. The average molecular weight is 270 g/mol. The molecule has 0 fully saturated rings. The second-order valence-corrected chi connectivity index (χ2v) is 3.68. The van der Waals surface area contributed by atoms with E-state index in [2.05, 4.69) is 31.5 Å². The van der Waals surface area contributed by atoms with Crippen molar-refractivity contribution in [2.75, 3.05) is 12.8 Å². The lowest BCUT2D eigenvalue weighted by molar-refractivity contribution is 0.411. The quantitative estimate of drug-likeness (QED) is 0.881. The fourth-order valence-electron chi connectivity index (χ4n) is 1.19. The molecule has 0 spiro atoms. The van der Waals surface area contributed by atoms with Crippen LogP contribution in [0.2, 0.25) is 0 Å². The maximum Gasteiger partial charge on any atom is 0.245 e. The third-order valence-electron chi connectivity index (χ3n) is 1.86. The van der Waals surface area contributed by atoms with Gasteiger partial charge >= 0.3 is 0 Å². The summed E-state index contributed by atoms with van der Waals surface area (Å²) >= 11 is 3.36. The van der Waals surface area contributed by atoms with Gasteiger partial charge in [0, 0.05) is 4.47 Å². The Morgan fingerprint density at radius 2 is 2.27 bits per heavy atom. The van der Waals surface area contributed by atoms with Crippen LogP contribution >= 0.6 is 15.9 Å². The summed E-state index contributed by atoms with van der Waals surface area (Å²) in [6.45, 7) is 0. The molecule has 2 rings (SSSR count). The highest BCUT2D eigenvalue weighted by atomic mass is 79.9. The van der Waals surface area contributed by atoms with Crippen LogP contribution in [0.15, 0.2) is 22.7 Å². The Morgan fingerprint density at radius 3 is 2.87 bits per heavy atom. The highest BCUT2D eigenvalue weighted by Crippen LogP contribution is 2.26.